The van der Waals surface area contributed by atoms with Crippen LogP contribution in [0.1, 0.15) is 16.8 Å². The van der Waals surface area contributed by atoms with Gasteiger partial charge in [-0.15, -0.1) is 0 Å². The first-order valence-electron chi connectivity index (χ1n) is 10.4. The number of methoxy groups -OCH3 is 2. The minimum atomic E-state index is -0.321. The quantitative estimate of drug-likeness (QED) is 0.610. The lowest BCUT2D eigenvalue weighted by atomic mass is 10.0. The van der Waals surface area contributed by atoms with Crippen LogP contribution in [-0.2, 0) is 17.8 Å². The maximum absolute atomic E-state index is 12.4. The van der Waals surface area contributed by atoms with E-state index in [1.165, 1.54) is 18.2 Å². The van der Waals surface area contributed by atoms with Gasteiger partial charge in [-0.25, -0.2) is 4.98 Å². The third-order valence-corrected chi connectivity index (χ3v) is 5.27. The normalized spacial score (nSPS) is 12.7. The number of hydrogen-bond donors (Lipinski definition) is 1. The average molecular weight is 434 g/mol. The van der Waals surface area contributed by atoms with Crippen molar-refractivity contribution in [2.45, 2.75) is 19.9 Å². The van der Waals surface area contributed by atoms with E-state index in [2.05, 4.69) is 38.4 Å². The van der Waals surface area contributed by atoms with Crippen LogP contribution in [-0.4, -0.2) is 43.2 Å². The van der Waals surface area contributed by atoms with Gasteiger partial charge in [0.15, 0.2) is 6.61 Å². The molecular formula is C24H26N4O4. The first-order chi connectivity index (χ1) is 15.6. The van der Waals surface area contributed by atoms with Gasteiger partial charge in [0, 0.05) is 30.9 Å². The lowest BCUT2D eigenvalue weighted by molar-refractivity contribution is -0.118. The third-order valence-electron chi connectivity index (χ3n) is 5.27. The molecule has 2 heterocycles. The van der Waals surface area contributed by atoms with Crippen LogP contribution in [0.3, 0.4) is 0 Å². The zero-order valence-corrected chi connectivity index (χ0v) is 18.4. The molecule has 1 amide bonds. The molecule has 1 aromatic heterocycles. The summed E-state index contributed by atoms with van der Waals surface area (Å²) in [6, 6.07) is 15.3. The summed E-state index contributed by atoms with van der Waals surface area (Å²) >= 11 is 0. The molecule has 32 heavy (non-hydrogen) atoms. The van der Waals surface area contributed by atoms with E-state index in [0.717, 1.165) is 25.2 Å². The second-order valence-electron chi connectivity index (χ2n) is 7.49. The number of benzene rings is 2. The number of hydrogen-bond acceptors (Lipinski definition) is 7. The van der Waals surface area contributed by atoms with Gasteiger partial charge in [0.2, 0.25) is 11.8 Å². The fourth-order valence-electron chi connectivity index (χ4n) is 3.63. The van der Waals surface area contributed by atoms with Crippen molar-refractivity contribution in [2.24, 2.45) is 0 Å². The molecule has 2 aromatic carbocycles. The lowest BCUT2D eigenvalue weighted by Crippen LogP contribution is -2.32. The van der Waals surface area contributed by atoms with E-state index in [4.69, 9.17) is 14.2 Å². The minimum absolute atomic E-state index is 0.187. The molecule has 0 radical (unpaired) electrons. The standard InChI is InChI=1S/C24H26N4O4/c1-16-12-23(27-24(25-16)28-11-10-17-6-4-5-7-18(17)14-28)32-15-22(29)26-20-9-8-19(30-2)13-21(20)31-3/h4-9,12-13H,10-11,14-15H2,1-3H3,(H,26,29). The molecule has 0 saturated carbocycles. The highest BCUT2D eigenvalue weighted by molar-refractivity contribution is 5.93. The van der Waals surface area contributed by atoms with Crippen molar-refractivity contribution in [3.63, 3.8) is 0 Å². The van der Waals surface area contributed by atoms with Crippen LogP contribution in [0.25, 0.3) is 0 Å². The number of anilines is 2. The fourth-order valence-corrected chi connectivity index (χ4v) is 3.63. The summed E-state index contributed by atoms with van der Waals surface area (Å²) in [6.07, 6.45) is 0.940. The molecule has 0 spiro atoms. The molecule has 1 N–H and O–H groups in total. The average Bonchev–Trinajstić information content (AvgIpc) is 2.82. The molecule has 3 aromatic rings. The van der Waals surface area contributed by atoms with Gasteiger partial charge >= 0.3 is 0 Å². The van der Waals surface area contributed by atoms with Gasteiger partial charge in [-0.1, -0.05) is 24.3 Å². The smallest absolute Gasteiger partial charge is 0.262 e. The Bertz CT molecular complexity index is 1120. The zero-order valence-electron chi connectivity index (χ0n) is 18.4. The van der Waals surface area contributed by atoms with Crippen molar-refractivity contribution in [2.75, 3.05) is 37.6 Å². The number of ether oxygens (including phenoxy) is 3. The monoisotopic (exact) mass is 434 g/mol. The Labute approximate surface area is 187 Å². The van der Waals surface area contributed by atoms with E-state index >= 15 is 0 Å². The third kappa shape index (κ3) is 4.91. The Morgan fingerprint density at radius 2 is 1.88 bits per heavy atom. The van der Waals surface area contributed by atoms with Crippen molar-refractivity contribution in [3.05, 3.63) is 65.4 Å². The predicted molar refractivity (Wildman–Crippen MR) is 122 cm³/mol. The first-order valence-corrected chi connectivity index (χ1v) is 10.4. The number of nitrogens with zero attached hydrogens (tertiary/aromatic N) is 3. The van der Waals surface area contributed by atoms with Gasteiger partial charge in [0.25, 0.3) is 5.91 Å². The number of aryl methyl sites for hydroxylation is 1. The Morgan fingerprint density at radius 1 is 1.06 bits per heavy atom. The summed E-state index contributed by atoms with van der Waals surface area (Å²) in [4.78, 5) is 23.7. The molecule has 8 nitrogen and oxygen atoms in total. The Balaban J connectivity index is 1.41. The zero-order chi connectivity index (χ0) is 22.5. The van der Waals surface area contributed by atoms with Crippen LogP contribution >= 0.6 is 0 Å². The lowest BCUT2D eigenvalue weighted by Gasteiger charge is -2.29. The van der Waals surface area contributed by atoms with Crippen molar-refractivity contribution in [1.29, 1.82) is 0 Å². The van der Waals surface area contributed by atoms with E-state index < -0.39 is 0 Å². The van der Waals surface area contributed by atoms with Gasteiger partial charge in [-0.3, -0.25) is 4.79 Å². The molecule has 1 aliphatic heterocycles. The minimum Gasteiger partial charge on any atom is -0.497 e. The molecule has 0 fully saturated rings. The molecule has 1 aliphatic rings. The Morgan fingerprint density at radius 3 is 2.66 bits per heavy atom. The number of amides is 1. The van der Waals surface area contributed by atoms with E-state index in [9.17, 15) is 4.79 Å². The van der Waals surface area contributed by atoms with E-state index in [1.54, 1.807) is 31.4 Å². The molecule has 0 saturated heterocycles. The van der Waals surface area contributed by atoms with Crippen LogP contribution in [0.5, 0.6) is 17.4 Å². The largest absolute Gasteiger partial charge is 0.497 e. The number of carbonyl (C=O) groups is 1. The second-order valence-corrected chi connectivity index (χ2v) is 7.49. The fraction of sp³-hybridized carbons (Fsp3) is 0.292. The maximum atomic E-state index is 12.4. The predicted octanol–water partition coefficient (Wildman–Crippen LogP) is 3.38. The molecule has 166 valence electrons. The van der Waals surface area contributed by atoms with Gasteiger partial charge in [-0.05, 0) is 36.6 Å². The van der Waals surface area contributed by atoms with Crippen molar-refractivity contribution >= 4 is 17.5 Å². The molecule has 4 rings (SSSR count). The van der Waals surface area contributed by atoms with E-state index in [1.807, 2.05) is 13.0 Å². The summed E-state index contributed by atoms with van der Waals surface area (Å²) in [5, 5.41) is 2.79. The summed E-state index contributed by atoms with van der Waals surface area (Å²) in [5.74, 6) is 1.79. The number of carbonyl (C=O) groups excluding carboxylic acids is 1. The van der Waals surface area contributed by atoms with Gasteiger partial charge in [-0.2, -0.15) is 4.98 Å². The van der Waals surface area contributed by atoms with E-state index in [-0.39, 0.29) is 12.5 Å². The molecule has 8 heteroatoms. The van der Waals surface area contributed by atoms with E-state index in [0.29, 0.717) is 29.0 Å². The molecule has 0 bridgehead atoms. The summed E-state index contributed by atoms with van der Waals surface area (Å²) in [7, 11) is 3.10. The Kier molecular flexibility index (Phi) is 6.39. The molecule has 0 aliphatic carbocycles. The highest BCUT2D eigenvalue weighted by atomic mass is 16.5. The highest BCUT2D eigenvalue weighted by Crippen LogP contribution is 2.29. The second kappa shape index (κ2) is 9.55. The van der Waals surface area contributed by atoms with Crippen molar-refractivity contribution in [1.82, 2.24) is 9.97 Å². The molecule has 0 atom stereocenters. The van der Waals surface area contributed by atoms with Gasteiger partial charge in [0.1, 0.15) is 11.5 Å². The molecule has 0 unspecified atom stereocenters. The first kappa shape index (κ1) is 21.4. The van der Waals surface area contributed by atoms with Crippen LogP contribution in [0.4, 0.5) is 11.6 Å². The molecular weight excluding hydrogens is 408 g/mol. The van der Waals surface area contributed by atoms with Gasteiger partial charge in [0.05, 0.1) is 19.9 Å². The topological polar surface area (TPSA) is 85.8 Å². The van der Waals surface area contributed by atoms with Crippen molar-refractivity contribution < 1.29 is 19.0 Å². The summed E-state index contributed by atoms with van der Waals surface area (Å²) in [6.45, 7) is 3.28. The number of aromatic nitrogens is 2. The van der Waals surface area contributed by atoms with Crippen LogP contribution < -0.4 is 24.4 Å². The van der Waals surface area contributed by atoms with Crippen LogP contribution in [0.2, 0.25) is 0 Å². The number of rotatable bonds is 7. The SMILES string of the molecule is COc1ccc(NC(=O)COc2cc(C)nc(N3CCc4ccccc4C3)n2)c(OC)c1. The summed E-state index contributed by atoms with van der Waals surface area (Å²) in [5.41, 5.74) is 3.95. The van der Waals surface area contributed by atoms with Gasteiger partial charge < -0.3 is 24.4 Å². The van der Waals surface area contributed by atoms with Crippen LogP contribution in [0, 0.1) is 6.92 Å². The maximum Gasteiger partial charge on any atom is 0.262 e. The number of nitrogens with one attached hydrogen (secondary N) is 1. The van der Waals surface area contributed by atoms with Crippen molar-refractivity contribution in [3.8, 4) is 17.4 Å². The number of fused-ring (bicyclic) bond motifs is 1. The summed E-state index contributed by atoms with van der Waals surface area (Å²) < 4.78 is 16.2. The Hall–Kier alpha value is -3.81. The highest BCUT2D eigenvalue weighted by Gasteiger charge is 2.19. The van der Waals surface area contributed by atoms with Crippen LogP contribution in [0.15, 0.2) is 48.5 Å².